The van der Waals surface area contributed by atoms with Crippen molar-refractivity contribution in [1.29, 1.82) is 0 Å². The van der Waals surface area contributed by atoms with Gasteiger partial charge < -0.3 is 9.88 Å². The highest BCUT2D eigenvalue weighted by Gasteiger charge is 2.23. The molecule has 0 bridgehead atoms. The summed E-state index contributed by atoms with van der Waals surface area (Å²) in [6.45, 7) is 7.20. The molecule has 1 aliphatic carbocycles. The van der Waals surface area contributed by atoms with Crippen molar-refractivity contribution < 1.29 is 9.59 Å². The van der Waals surface area contributed by atoms with Crippen LogP contribution in [0.4, 0.5) is 0 Å². The van der Waals surface area contributed by atoms with Crippen LogP contribution in [0.2, 0.25) is 0 Å². The zero-order chi connectivity index (χ0) is 24.5. The number of aromatic nitrogens is 2. The second-order valence-electron chi connectivity index (χ2n) is 9.75. The van der Waals surface area contributed by atoms with Gasteiger partial charge in [-0.3, -0.25) is 19.3 Å². The number of rotatable bonds is 6. The van der Waals surface area contributed by atoms with E-state index < -0.39 is 0 Å². The fourth-order valence-corrected chi connectivity index (χ4v) is 6.22. The zero-order valence-corrected chi connectivity index (χ0v) is 21.3. The number of nitrogens with one attached hydrogen (secondary N) is 1. The zero-order valence-electron chi connectivity index (χ0n) is 20.5. The van der Waals surface area contributed by atoms with Gasteiger partial charge in [0, 0.05) is 49.5 Å². The number of hydrogen-bond donors (Lipinski definition) is 1. The fraction of sp³-hybridized carbons (Fsp3) is 0.481. The number of carbonyl (C=O) groups is 2. The minimum absolute atomic E-state index is 0.0356. The van der Waals surface area contributed by atoms with Gasteiger partial charge in [-0.05, 0) is 62.3 Å². The molecule has 1 aliphatic heterocycles. The molecule has 35 heavy (non-hydrogen) atoms. The lowest BCUT2D eigenvalue weighted by atomic mass is 9.89. The molecule has 2 aromatic heterocycles. The van der Waals surface area contributed by atoms with E-state index in [9.17, 15) is 14.4 Å². The highest BCUT2D eigenvalue weighted by atomic mass is 32.1. The van der Waals surface area contributed by atoms with E-state index in [4.69, 9.17) is 0 Å². The Kier molecular flexibility index (Phi) is 6.84. The molecule has 8 heteroatoms. The number of ketones is 1. The summed E-state index contributed by atoms with van der Waals surface area (Å²) in [7, 11) is 0. The Morgan fingerprint density at radius 2 is 1.77 bits per heavy atom. The third-order valence-electron chi connectivity index (χ3n) is 7.42. The average Bonchev–Trinajstić information content (AvgIpc) is 3.15. The van der Waals surface area contributed by atoms with Crippen LogP contribution in [-0.2, 0) is 24.2 Å². The van der Waals surface area contributed by atoms with E-state index in [-0.39, 0.29) is 30.1 Å². The van der Waals surface area contributed by atoms with Crippen molar-refractivity contribution in [3.05, 3.63) is 61.5 Å². The number of Topliss-reactive ketones (excluding diaryl/α,β-unsaturated/α-hetero) is 1. The van der Waals surface area contributed by atoms with Crippen LogP contribution in [0, 0.1) is 13.8 Å². The summed E-state index contributed by atoms with van der Waals surface area (Å²) in [6, 6.07) is 6.04. The number of thiophene rings is 1. The number of hydrogen-bond acceptors (Lipinski definition) is 6. The number of H-pyrrole nitrogens is 1. The molecule has 184 valence electrons. The van der Waals surface area contributed by atoms with Gasteiger partial charge in [-0.25, -0.2) is 4.98 Å². The van der Waals surface area contributed by atoms with Crippen molar-refractivity contribution in [1.82, 2.24) is 19.8 Å². The van der Waals surface area contributed by atoms with Gasteiger partial charge in [-0.1, -0.05) is 12.1 Å². The van der Waals surface area contributed by atoms with Crippen LogP contribution in [0.3, 0.4) is 0 Å². The molecule has 0 unspecified atom stereocenters. The molecule has 0 atom stereocenters. The Morgan fingerprint density at radius 1 is 1.03 bits per heavy atom. The van der Waals surface area contributed by atoms with Crippen molar-refractivity contribution in [3.63, 3.8) is 0 Å². The molecule has 0 saturated carbocycles. The SMILES string of the molecule is Cc1sc2nc(CN3CCN(C(=O)CCC(=O)c4ccc5c(c4)CCCC5)CC3)[nH]c(=O)c2c1C. The fourth-order valence-electron chi connectivity index (χ4n) is 5.17. The normalized spacial score (nSPS) is 16.5. The lowest BCUT2D eigenvalue weighted by Gasteiger charge is -2.34. The predicted octanol–water partition coefficient (Wildman–Crippen LogP) is 3.79. The quantitative estimate of drug-likeness (QED) is 0.529. The Labute approximate surface area is 209 Å². The molecule has 5 rings (SSSR count). The van der Waals surface area contributed by atoms with Crippen LogP contribution >= 0.6 is 11.3 Å². The van der Waals surface area contributed by atoms with Gasteiger partial charge in [0.2, 0.25) is 5.91 Å². The number of nitrogens with zero attached hydrogens (tertiary/aromatic N) is 3. The molecular formula is C27H32N4O3S. The van der Waals surface area contributed by atoms with Crippen molar-refractivity contribution in [2.24, 2.45) is 0 Å². The molecule has 1 fully saturated rings. The van der Waals surface area contributed by atoms with Crippen molar-refractivity contribution in [2.45, 2.75) is 58.9 Å². The lowest BCUT2D eigenvalue weighted by Crippen LogP contribution is -2.48. The first kappa shape index (κ1) is 23.9. The first-order valence-corrected chi connectivity index (χ1v) is 13.3. The molecule has 1 amide bonds. The third-order valence-corrected chi connectivity index (χ3v) is 8.52. The molecule has 1 N–H and O–H groups in total. The number of piperazine rings is 1. The number of amides is 1. The standard InChI is InChI=1S/C27H32N4O3S/c1-17-18(2)35-27-25(17)26(34)28-23(29-27)16-30-11-13-31(14-12-30)24(33)10-9-22(32)21-8-7-19-5-3-4-6-20(19)15-21/h7-8,15H,3-6,9-14,16H2,1-2H3,(H,28,29,34). The Morgan fingerprint density at radius 3 is 2.54 bits per heavy atom. The molecule has 7 nitrogen and oxygen atoms in total. The molecular weight excluding hydrogens is 460 g/mol. The highest BCUT2D eigenvalue weighted by molar-refractivity contribution is 7.18. The van der Waals surface area contributed by atoms with Crippen LogP contribution in [-0.4, -0.2) is 57.6 Å². The molecule has 3 heterocycles. The lowest BCUT2D eigenvalue weighted by molar-refractivity contribution is -0.133. The summed E-state index contributed by atoms with van der Waals surface area (Å²) in [5.74, 6) is 0.752. The van der Waals surface area contributed by atoms with Gasteiger partial charge in [0.25, 0.3) is 5.56 Å². The molecule has 0 spiro atoms. The Bertz CT molecular complexity index is 1330. The van der Waals surface area contributed by atoms with Gasteiger partial charge in [-0.15, -0.1) is 11.3 Å². The Balaban J connectivity index is 1.12. The highest BCUT2D eigenvalue weighted by Crippen LogP contribution is 2.26. The molecule has 0 radical (unpaired) electrons. The Hall–Kier alpha value is -2.84. The smallest absolute Gasteiger partial charge is 0.259 e. The van der Waals surface area contributed by atoms with E-state index in [2.05, 4.69) is 20.9 Å². The van der Waals surface area contributed by atoms with Crippen molar-refractivity contribution >= 4 is 33.2 Å². The van der Waals surface area contributed by atoms with Crippen LogP contribution < -0.4 is 5.56 Å². The minimum atomic E-state index is -0.0794. The van der Waals surface area contributed by atoms with Gasteiger partial charge in [0.15, 0.2) is 5.78 Å². The maximum Gasteiger partial charge on any atom is 0.259 e. The number of carbonyl (C=O) groups excluding carboxylic acids is 2. The topological polar surface area (TPSA) is 86.4 Å². The van der Waals surface area contributed by atoms with E-state index in [1.54, 1.807) is 11.3 Å². The summed E-state index contributed by atoms with van der Waals surface area (Å²) >= 11 is 1.56. The maximum absolute atomic E-state index is 12.8. The van der Waals surface area contributed by atoms with Crippen molar-refractivity contribution in [2.75, 3.05) is 26.2 Å². The van der Waals surface area contributed by atoms with Crippen molar-refractivity contribution in [3.8, 4) is 0 Å². The minimum Gasteiger partial charge on any atom is -0.340 e. The van der Waals surface area contributed by atoms with E-state index in [0.717, 1.165) is 46.8 Å². The predicted molar refractivity (Wildman–Crippen MR) is 138 cm³/mol. The van der Waals surface area contributed by atoms with E-state index in [0.29, 0.717) is 30.8 Å². The van der Waals surface area contributed by atoms with Gasteiger partial charge in [0.05, 0.1) is 11.9 Å². The second kappa shape index (κ2) is 10.0. The number of fused-ring (bicyclic) bond motifs is 2. The number of aromatic amines is 1. The monoisotopic (exact) mass is 492 g/mol. The number of benzene rings is 1. The average molecular weight is 493 g/mol. The number of aryl methyl sites for hydroxylation is 4. The first-order chi connectivity index (χ1) is 16.9. The van der Waals surface area contributed by atoms with Crippen LogP contribution in [0.15, 0.2) is 23.0 Å². The largest absolute Gasteiger partial charge is 0.340 e. The van der Waals surface area contributed by atoms with Crippen LogP contribution in [0.1, 0.15) is 63.4 Å². The summed E-state index contributed by atoms with van der Waals surface area (Å²) in [5, 5.41) is 0.691. The van der Waals surface area contributed by atoms with Gasteiger partial charge >= 0.3 is 0 Å². The van der Waals surface area contributed by atoms with Crippen LogP contribution in [0.5, 0.6) is 0 Å². The second-order valence-corrected chi connectivity index (χ2v) is 10.9. The van der Waals surface area contributed by atoms with E-state index >= 15 is 0 Å². The van der Waals surface area contributed by atoms with Crippen LogP contribution in [0.25, 0.3) is 10.2 Å². The van der Waals surface area contributed by atoms with E-state index in [1.165, 1.54) is 24.0 Å². The van der Waals surface area contributed by atoms with Gasteiger partial charge in [0.1, 0.15) is 10.7 Å². The summed E-state index contributed by atoms with van der Waals surface area (Å²) in [6.07, 6.45) is 5.05. The molecule has 2 aliphatic rings. The first-order valence-electron chi connectivity index (χ1n) is 12.5. The maximum atomic E-state index is 12.8. The molecule has 1 saturated heterocycles. The molecule has 3 aromatic rings. The summed E-state index contributed by atoms with van der Waals surface area (Å²) in [5.41, 5.74) is 4.31. The third kappa shape index (κ3) is 5.09. The molecule has 1 aromatic carbocycles. The van der Waals surface area contributed by atoms with Gasteiger partial charge in [-0.2, -0.15) is 0 Å². The summed E-state index contributed by atoms with van der Waals surface area (Å²) in [4.78, 5) is 51.6. The van der Waals surface area contributed by atoms with E-state index in [1.807, 2.05) is 30.9 Å². The summed E-state index contributed by atoms with van der Waals surface area (Å²) < 4.78 is 0.